The van der Waals surface area contributed by atoms with E-state index in [4.69, 9.17) is 10.9 Å². The lowest BCUT2D eigenvalue weighted by Crippen LogP contribution is -2.24. The second-order valence-corrected chi connectivity index (χ2v) is 5.01. The van der Waals surface area contributed by atoms with Crippen molar-refractivity contribution in [2.24, 2.45) is 10.9 Å². The minimum atomic E-state index is 0.205. The summed E-state index contributed by atoms with van der Waals surface area (Å²) in [5.41, 5.74) is 7.58. The first-order valence-corrected chi connectivity index (χ1v) is 6.90. The van der Waals surface area contributed by atoms with Gasteiger partial charge in [0.15, 0.2) is 0 Å². The molecule has 0 aliphatic heterocycles. The lowest BCUT2D eigenvalue weighted by Gasteiger charge is -2.25. The molecule has 1 aromatic carbocycles. The fraction of sp³-hybridized carbons (Fsp3) is 0.143. The van der Waals surface area contributed by atoms with Crippen molar-refractivity contribution in [3.05, 3.63) is 53.3 Å². The highest BCUT2D eigenvalue weighted by atomic mass is 79.9. The Labute approximate surface area is 125 Å². The first-order valence-electron chi connectivity index (χ1n) is 6.11. The van der Waals surface area contributed by atoms with Crippen LogP contribution in [0.1, 0.15) is 6.42 Å². The molecular formula is C14H15BrN4O. The van der Waals surface area contributed by atoms with Crippen molar-refractivity contribution in [2.45, 2.75) is 6.42 Å². The van der Waals surface area contributed by atoms with Gasteiger partial charge in [-0.3, -0.25) is 4.98 Å². The number of rotatable bonds is 5. The molecule has 0 fully saturated rings. The molecule has 0 saturated heterocycles. The molecule has 0 aliphatic carbocycles. The van der Waals surface area contributed by atoms with E-state index in [1.54, 1.807) is 12.4 Å². The lowest BCUT2D eigenvalue weighted by atomic mass is 10.2. The molecule has 0 amide bonds. The van der Waals surface area contributed by atoms with Crippen molar-refractivity contribution in [2.75, 3.05) is 11.4 Å². The number of amidine groups is 1. The van der Waals surface area contributed by atoms with E-state index in [9.17, 15) is 0 Å². The molecule has 0 saturated carbocycles. The van der Waals surface area contributed by atoms with E-state index in [1.807, 2.05) is 36.4 Å². The Bertz CT molecular complexity index is 589. The van der Waals surface area contributed by atoms with E-state index in [2.05, 4.69) is 31.0 Å². The summed E-state index contributed by atoms with van der Waals surface area (Å²) in [6.45, 7) is 0.600. The molecule has 6 heteroatoms. The highest BCUT2D eigenvalue weighted by Crippen LogP contribution is 2.31. The van der Waals surface area contributed by atoms with Crippen molar-refractivity contribution in [3.8, 4) is 0 Å². The summed E-state index contributed by atoms with van der Waals surface area (Å²) in [5.74, 6) is 0.205. The zero-order valence-electron chi connectivity index (χ0n) is 10.8. The van der Waals surface area contributed by atoms with Gasteiger partial charge in [-0.25, -0.2) is 0 Å². The van der Waals surface area contributed by atoms with Crippen LogP contribution in [0.5, 0.6) is 0 Å². The molecule has 3 N–H and O–H groups in total. The number of oxime groups is 1. The molecule has 2 aromatic rings. The van der Waals surface area contributed by atoms with Gasteiger partial charge in [-0.15, -0.1) is 0 Å². The maximum absolute atomic E-state index is 8.67. The molecule has 5 nitrogen and oxygen atoms in total. The maximum Gasteiger partial charge on any atom is 0.140 e. The van der Waals surface area contributed by atoms with Crippen LogP contribution in [0.25, 0.3) is 0 Å². The first-order chi connectivity index (χ1) is 9.72. The number of hydrogen-bond donors (Lipinski definition) is 2. The monoisotopic (exact) mass is 334 g/mol. The van der Waals surface area contributed by atoms with Crippen molar-refractivity contribution in [3.63, 3.8) is 0 Å². The zero-order valence-corrected chi connectivity index (χ0v) is 12.4. The van der Waals surface area contributed by atoms with Gasteiger partial charge in [0.25, 0.3) is 0 Å². The minimum Gasteiger partial charge on any atom is -0.409 e. The van der Waals surface area contributed by atoms with Gasteiger partial charge in [0.2, 0.25) is 0 Å². The largest absolute Gasteiger partial charge is 0.409 e. The zero-order chi connectivity index (χ0) is 14.4. The summed E-state index contributed by atoms with van der Waals surface area (Å²) < 4.78 is 0.892. The van der Waals surface area contributed by atoms with Gasteiger partial charge in [0, 0.05) is 31.0 Å². The van der Waals surface area contributed by atoms with Crippen LogP contribution in [-0.2, 0) is 0 Å². The molecule has 0 spiro atoms. The van der Waals surface area contributed by atoms with Gasteiger partial charge in [-0.2, -0.15) is 0 Å². The third kappa shape index (κ3) is 3.48. The van der Waals surface area contributed by atoms with E-state index < -0.39 is 0 Å². The number of hydrogen-bond acceptors (Lipinski definition) is 4. The Morgan fingerprint density at radius 1 is 1.30 bits per heavy atom. The Morgan fingerprint density at radius 2 is 2.05 bits per heavy atom. The van der Waals surface area contributed by atoms with Gasteiger partial charge in [-0.05, 0) is 34.1 Å². The third-order valence-corrected chi connectivity index (χ3v) is 3.44. The predicted octanol–water partition coefficient (Wildman–Crippen LogP) is 3.12. The van der Waals surface area contributed by atoms with Gasteiger partial charge in [-0.1, -0.05) is 23.4 Å². The van der Waals surface area contributed by atoms with Crippen molar-refractivity contribution >= 4 is 33.1 Å². The molecule has 2 rings (SSSR count). The predicted molar refractivity (Wildman–Crippen MR) is 83.4 cm³/mol. The van der Waals surface area contributed by atoms with Crippen LogP contribution in [0.2, 0.25) is 0 Å². The summed E-state index contributed by atoms with van der Waals surface area (Å²) in [6.07, 6.45) is 3.94. The highest BCUT2D eigenvalue weighted by Gasteiger charge is 2.12. The minimum absolute atomic E-state index is 0.205. The van der Waals surface area contributed by atoms with E-state index in [1.165, 1.54) is 0 Å². The number of halogens is 1. The Balaban J connectivity index is 2.32. The second-order valence-electron chi connectivity index (χ2n) is 4.16. The van der Waals surface area contributed by atoms with Crippen molar-refractivity contribution in [1.82, 2.24) is 4.98 Å². The highest BCUT2D eigenvalue weighted by molar-refractivity contribution is 9.10. The quantitative estimate of drug-likeness (QED) is 0.381. The van der Waals surface area contributed by atoms with Crippen LogP contribution < -0.4 is 10.6 Å². The summed E-state index contributed by atoms with van der Waals surface area (Å²) in [7, 11) is 0. The summed E-state index contributed by atoms with van der Waals surface area (Å²) in [6, 6.07) is 11.9. The molecule has 0 atom stereocenters. The molecule has 1 aromatic heterocycles. The molecule has 20 heavy (non-hydrogen) atoms. The van der Waals surface area contributed by atoms with Crippen molar-refractivity contribution in [1.29, 1.82) is 0 Å². The van der Waals surface area contributed by atoms with E-state index in [0.717, 1.165) is 15.8 Å². The number of anilines is 2. The van der Waals surface area contributed by atoms with Gasteiger partial charge in [0.05, 0.1) is 10.2 Å². The van der Waals surface area contributed by atoms with Crippen LogP contribution in [0.15, 0.2) is 58.4 Å². The van der Waals surface area contributed by atoms with Crippen molar-refractivity contribution < 1.29 is 5.21 Å². The molecule has 0 radical (unpaired) electrons. The van der Waals surface area contributed by atoms with Gasteiger partial charge < -0.3 is 15.8 Å². The van der Waals surface area contributed by atoms with Crippen LogP contribution in [0.4, 0.5) is 11.4 Å². The lowest BCUT2D eigenvalue weighted by molar-refractivity contribution is 0.317. The average Bonchev–Trinajstić information content (AvgIpc) is 2.50. The number of nitrogens with two attached hydrogens (primary N) is 1. The van der Waals surface area contributed by atoms with E-state index in [0.29, 0.717) is 13.0 Å². The molecule has 104 valence electrons. The SMILES string of the molecule is N/C(CCN(c1ccccc1)c1ccncc1Br)=N/O. The number of nitrogens with zero attached hydrogens (tertiary/aromatic N) is 3. The third-order valence-electron chi connectivity index (χ3n) is 2.83. The number of benzene rings is 1. The maximum atomic E-state index is 8.67. The number of pyridine rings is 1. The summed E-state index contributed by atoms with van der Waals surface area (Å²) >= 11 is 3.50. The summed E-state index contributed by atoms with van der Waals surface area (Å²) in [4.78, 5) is 6.16. The van der Waals surface area contributed by atoms with Gasteiger partial charge in [0.1, 0.15) is 5.84 Å². The molecule has 0 unspecified atom stereocenters. The molecule has 0 bridgehead atoms. The van der Waals surface area contributed by atoms with Crippen LogP contribution >= 0.6 is 15.9 Å². The van der Waals surface area contributed by atoms with E-state index in [-0.39, 0.29) is 5.84 Å². The topological polar surface area (TPSA) is 74.7 Å². The molecular weight excluding hydrogens is 320 g/mol. The van der Waals surface area contributed by atoms with Gasteiger partial charge >= 0.3 is 0 Å². The standard InChI is InChI=1S/C14H15BrN4O/c15-12-10-17-8-6-13(12)19(9-7-14(16)18-20)11-4-2-1-3-5-11/h1-6,8,10,20H,7,9H2,(H2,16,18). The number of para-hydroxylation sites is 1. The van der Waals surface area contributed by atoms with E-state index >= 15 is 0 Å². The van der Waals surface area contributed by atoms with Crippen LogP contribution in [0.3, 0.4) is 0 Å². The average molecular weight is 335 g/mol. The Hall–Kier alpha value is -2.08. The first kappa shape index (κ1) is 14.3. The molecule has 1 heterocycles. The molecule has 0 aliphatic rings. The van der Waals surface area contributed by atoms with Crippen LogP contribution in [0, 0.1) is 0 Å². The number of aromatic nitrogens is 1. The smallest absolute Gasteiger partial charge is 0.140 e. The second kappa shape index (κ2) is 6.91. The van der Waals surface area contributed by atoms with Crippen LogP contribution in [-0.4, -0.2) is 22.6 Å². The Morgan fingerprint density at radius 3 is 2.70 bits per heavy atom. The normalized spacial score (nSPS) is 11.3. The fourth-order valence-electron chi connectivity index (χ4n) is 1.86. The fourth-order valence-corrected chi connectivity index (χ4v) is 2.32. The summed E-state index contributed by atoms with van der Waals surface area (Å²) in [5, 5.41) is 11.7. The Kier molecular flexibility index (Phi) is 4.95.